The van der Waals surface area contributed by atoms with Crippen LogP contribution in [0.1, 0.15) is 89.5 Å². The van der Waals surface area contributed by atoms with Crippen LogP contribution in [0.3, 0.4) is 0 Å². The van der Waals surface area contributed by atoms with Crippen molar-refractivity contribution in [3.8, 4) is 0 Å². The molecule has 4 aliphatic rings. The molecule has 2 unspecified atom stereocenters. The molecule has 0 N–H and O–H groups in total. The van der Waals surface area contributed by atoms with Gasteiger partial charge >= 0.3 is 35.2 Å². The molecular weight excluding hydrogens is 343 g/mol. The monoisotopic (exact) mass is 378 g/mol. The van der Waals surface area contributed by atoms with Gasteiger partial charge in [0.2, 0.25) is 0 Å². The Morgan fingerprint density at radius 3 is 2.48 bits per heavy atom. The van der Waals surface area contributed by atoms with Crippen molar-refractivity contribution in [2.45, 2.75) is 84.0 Å². The van der Waals surface area contributed by atoms with Gasteiger partial charge < -0.3 is 4.42 Å². The first-order valence-electron chi connectivity index (χ1n) is 11.1. The number of hydrogen-bond acceptors (Lipinski definition) is 2. The molecule has 0 aromatic carbocycles. The van der Waals surface area contributed by atoms with Crippen molar-refractivity contribution < 1.29 is 4.42 Å². The molecule has 1 heterocycles. The SMILES string of the molecule is C[C@]12CC[C@@H]3[C@H](CCC4CCCC[C@@]43C)C1CC[C@@H]2c1ccc(=O)oc1.[NaH]. The number of hydrogen-bond donors (Lipinski definition) is 0. The van der Waals surface area contributed by atoms with Gasteiger partial charge in [0, 0.05) is 6.07 Å². The summed E-state index contributed by atoms with van der Waals surface area (Å²) in [4.78, 5) is 11.4. The molecule has 0 bridgehead atoms. The van der Waals surface area contributed by atoms with Crippen LogP contribution in [0.2, 0.25) is 0 Å². The van der Waals surface area contributed by atoms with Crippen LogP contribution >= 0.6 is 0 Å². The van der Waals surface area contributed by atoms with Crippen molar-refractivity contribution in [2.75, 3.05) is 0 Å². The molecule has 0 amide bonds. The van der Waals surface area contributed by atoms with Crippen molar-refractivity contribution in [2.24, 2.45) is 34.5 Å². The third-order valence-corrected chi connectivity index (χ3v) is 9.71. The average Bonchev–Trinajstić information content (AvgIpc) is 2.99. The van der Waals surface area contributed by atoms with Crippen LogP contribution in [0.15, 0.2) is 27.6 Å². The van der Waals surface area contributed by atoms with E-state index in [-0.39, 0.29) is 35.2 Å². The predicted octanol–water partition coefficient (Wildman–Crippen LogP) is 5.51. The van der Waals surface area contributed by atoms with E-state index in [1.54, 1.807) is 12.3 Å². The quantitative estimate of drug-likeness (QED) is 0.603. The molecule has 3 heteroatoms. The summed E-state index contributed by atoms with van der Waals surface area (Å²) >= 11 is 0. The Morgan fingerprint density at radius 2 is 1.70 bits per heavy atom. The summed E-state index contributed by atoms with van der Waals surface area (Å²) in [5, 5.41) is 0. The Bertz CT molecular complexity index is 722. The van der Waals surface area contributed by atoms with Gasteiger partial charge in [0.05, 0.1) is 6.26 Å². The molecule has 2 nitrogen and oxygen atoms in total. The van der Waals surface area contributed by atoms with E-state index < -0.39 is 0 Å². The Kier molecular flexibility index (Phi) is 5.49. The standard InChI is InChI=1S/C24H34O2.Na.H/c1-23-13-4-3-5-17(23)7-8-18-20-10-9-19(16-6-11-22(25)26-15-16)24(20,2)14-12-21(18)23;;/h6,11,15,17-21H,3-5,7-10,12-14H2,1-2H3;;/t17?,18-,19-,20?,21-,23+,24-;;/m1../s1. The summed E-state index contributed by atoms with van der Waals surface area (Å²) in [6.07, 6.45) is 16.1. The molecule has 4 saturated carbocycles. The molecule has 27 heavy (non-hydrogen) atoms. The molecular formula is C24H35NaO2. The fraction of sp³-hybridized carbons (Fsp3) is 0.792. The maximum absolute atomic E-state index is 11.4. The zero-order valence-corrected chi connectivity index (χ0v) is 16.5. The average molecular weight is 379 g/mol. The second-order valence-corrected chi connectivity index (χ2v) is 10.5. The number of rotatable bonds is 1. The summed E-state index contributed by atoms with van der Waals surface area (Å²) in [6.45, 7) is 5.22. The Morgan fingerprint density at radius 1 is 0.889 bits per heavy atom. The van der Waals surface area contributed by atoms with Crippen LogP contribution in [0.4, 0.5) is 0 Å². The van der Waals surface area contributed by atoms with Crippen LogP contribution < -0.4 is 5.63 Å². The molecule has 4 fully saturated rings. The van der Waals surface area contributed by atoms with Crippen LogP contribution in [-0.4, -0.2) is 29.6 Å². The zero-order valence-electron chi connectivity index (χ0n) is 16.5. The molecule has 5 rings (SSSR count). The molecule has 0 radical (unpaired) electrons. The Hall–Kier alpha value is -0.0500. The molecule has 7 atom stereocenters. The topological polar surface area (TPSA) is 30.2 Å². The van der Waals surface area contributed by atoms with Gasteiger partial charge in [0.1, 0.15) is 0 Å². The summed E-state index contributed by atoms with van der Waals surface area (Å²) in [7, 11) is 0. The Labute approximate surface area is 186 Å². The first-order chi connectivity index (χ1) is 12.5. The van der Waals surface area contributed by atoms with E-state index in [0.29, 0.717) is 16.7 Å². The van der Waals surface area contributed by atoms with Gasteiger partial charge in [-0.3, -0.25) is 0 Å². The van der Waals surface area contributed by atoms with Crippen molar-refractivity contribution in [3.63, 3.8) is 0 Å². The molecule has 0 saturated heterocycles. The molecule has 1 aromatic heterocycles. The minimum atomic E-state index is -0.222. The van der Waals surface area contributed by atoms with Gasteiger partial charge in [-0.05, 0) is 103 Å². The van der Waals surface area contributed by atoms with Crippen molar-refractivity contribution in [1.82, 2.24) is 0 Å². The van der Waals surface area contributed by atoms with Crippen LogP contribution in [0.25, 0.3) is 0 Å². The van der Waals surface area contributed by atoms with Gasteiger partial charge in [0.25, 0.3) is 0 Å². The van der Waals surface area contributed by atoms with Crippen molar-refractivity contribution in [3.05, 3.63) is 34.4 Å². The predicted molar refractivity (Wildman–Crippen MR) is 111 cm³/mol. The normalized spacial score (nSPS) is 45.9. The third-order valence-electron chi connectivity index (χ3n) is 9.71. The third kappa shape index (κ3) is 3.04. The second-order valence-electron chi connectivity index (χ2n) is 10.5. The molecule has 144 valence electrons. The van der Waals surface area contributed by atoms with Crippen LogP contribution in [0.5, 0.6) is 0 Å². The van der Waals surface area contributed by atoms with Crippen molar-refractivity contribution >= 4 is 29.6 Å². The van der Waals surface area contributed by atoms with E-state index in [2.05, 4.69) is 13.8 Å². The fourth-order valence-corrected chi connectivity index (χ4v) is 8.41. The zero-order chi connectivity index (χ0) is 17.9. The van der Waals surface area contributed by atoms with E-state index in [1.165, 1.54) is 69.8 Å². The van der Waals surface area contributed by atoms with Gasteiger partial charge in [0.15, 0.2) is 0 Å². The maximum atomic E-state index is 11.4. The molecule has 1 aromatic rings. The van der Waals surface area contributed by atoms with Gasteiger partial charge in [-0.1, -0.05) is 26.7 Å². The van der Waals surface area contributed by atoms with E-state index in [1.807, 2.05) is 6.07 Å². The first-order valence-corrected chi connectivity index (χ1v) is 11.1. The fourth-order valence-electron chi connectivity index (χ4n) is 8.41. The summed E-state index contributed by atoms with van der Waals surface area (Å²) in [6, 6.07) is 3.65. The molecule has 0 aliphatic heterocycles. The van der Waals surface area contributed by atoms with E-state index in [9.17, 15) is 4.79 Å². The molecule has 4 aliphatic carbocycles. The Balaban J connectivity index is 0.00000180. The van der Waals surface area contributed by atoms with E-state index >= 15 is 0 Å². The van der Waals surface area contributed by atoms with Gasteiger partial charge in [-0.2, -0.15) is 0 Å². The van der Waals surface area contributed by atoms with Gasteiger partial charge in [-0.25, -0.2) is 4.79 Å². The van der Waals surface area contributed by atoms with E-state index in [4.69, 9.17) is 4.42 Å². The van der Waals surface area contributed by atoms with E-state index in [0.717, 1.165) is 23.7 Å². The van der Waals surface area contributed by atoms with Crippen LogP contribution in [0, 0.1) is 34.5 Å². The number of fused-ring (bicyclic) bond motifs is 5. The van der Waals surface area contributed by atoms with Crippen molar-refractivity contribution in [1.29, 1.82) is 0 Å². The summed E-state index contributed by atoms with van der Waals surface area (Å²) in [5.41, 5.74) is 2.07. The first kappa shape index (κ1) is 20.2. The van der Waals surface area contributed by atoms with Gasteiger partial charge in [-0.15, -0.1) is 0 Å². The van der Waals surface area contributed by atoms with Crippen LogP contribution in [-0.2, 0) is 0 Å². The molecule has 0 spiro atoms. The second kappa shape index (κ2) is 7.33. The summed E-state index contributed by atoms with van der Waals surface area (Å²) < 4.78 is 5.23. The minimum absolute atomic E-state index is 0. The summed E-state index contributed by atoms with van der Waals surface area (Å²) in [5.74, 6) is 4.36.